The number of benzene rings is 1. The second-order valence-corrected chi connectivity index (χ2v) is 5.22. The Hall–Kier alpha value is -2.30. The van der Waals surface area contributed by atoms with Crippen LogP contribution in [-0.4, -0.2) is 16.1 Å². The fourth-order valence-electron chi connectivity index (χ4n) is 2.11. The highest BCUT2D eigenvalue weighted by molar-refractivity contribution is 5.94. The van der Waals surface area contributed by atoms with Crippen LogP contribution in [0.2, 0.25) is 0 Å². The molecule has 0 bridgehead atoms. The van der Waals surface area contributed by atoms with E-state index in [0.29, 0.717) is 0 Å². The SMILES string of the molecule is CC(Nc1cccc(NC(=O)C2CC2)c1)c1ccn[nH]1. The Morgan fingerprint density at radius 3 is 2.85 bits per heavy atom. The van der Waals surface area contributed by atoms with E-state index >= 15 is 0 Å². The number of hydrogen-bond donors (Lipinski definition) is 3. The third-order valence-electron chi connectivity index (χ3n) is 3.45. The van der Waals surface area contributed by atoms with E-state index in [9.17, 15) is 4.79 Å². The number of aromatic nitrogens is 2. The quantitative estimate of drug-likeness (QED) is 0.782. The summed E-state index contributed by atoms with van der Waals surface area (Å²) in [6.07, 6.45) is 3.76. The van der Waals surface area contributed by atoms with E-state index in [1.165, 1.54) is 0 Å². The van der Waals surface area contributed by atoms with Crippen LogP contribution in [0.25, 0.3) is 0 Å². The molecule has 1 atom stereocenters. The molecule has 1 fully saturated rings. The molecule has 1 unspecified atom stereocenters. The van der Waals surface area contributed by atoms with E-state index < -0.39 is 0 Å². The Morgan fingerprint density at radius 1 is 1.35 bits per heavy atom. The van der Waals surface area contributed by atoms with Crippen molar-refractivity contribution in [2.24, 2.45) is 5.92 Å². The van der Waals surface area contributed by atoms with Gasteiger partial charge < -0.3 is 10.6 Å². The topological polar surface area (TPSA) is 69.8 Å². The molecule has 20 heavy (non-hydrogen) atoms. The van der Waals surface area contributed by atoms with Crippen molar-refractivity contribution in [3.05, 3.63) is 42.2 Å². The first-order chi connectivity index (χ1) is 9.72. The van der Waals surface area contributed by atoms with Crippen LogP contribution in [0.15, 0.2) is 36.5 Å². The molecule has 0 spiro atoms. The molecule has 0 saturated heterocycles. The molecule has 2 aromatic rings. The van der Waals surface area contributed by atoms with E-state index in [1.54, 1.807) is 6.20 Å². The summed E-state index contributed by atoms with van der Waals surface area (Å²) < 4.78 is 0. The molecule has 0 aliphatic heterocycles. The summed E-state index contributed by atoms with van der Waals surface area (Å²) in [6.45, 7) is 2.06. The van der Waals surface area contributed by atoms with Crippen molar-refractivity contribution in [2.75, 3.05) is 10.6 Å². The van der Waals surface area contributed by atoms with Gasteiger partial charge in [-0.25, -0.2) is 0 Å². The normalized spacial score (nSPS) is 15.7. The van der Waals surface area contributed by atoms with E-state index in [2.05, 4.69) is 27.8 Å². The van der Waals surface area contributed by atoms with Crippen molar-refractivity contribution < 1.29 is 4.79 Å². The van der Waals surface area contributed by atoms with Gasteiger partial charge in [0.1, 0.15) is 0 Å². The van der Waals surface area contributed by atoms with Crippen LogP contribution in [0.5, 0.6) is 0 Å². The Kier molecular flexibility index (Phi) is 3.41. The summed E-state index contributed by atoms with van der Waals surface area (Å²) in [5.74, 6) is 0.347. The number of anilines is 2. The number of nitrogens with zero attached hydrogens (tertiary/aromatic N) is 1. The second kappa shape index (κ2) is 5.36. The van der Waals surface area contributed by atoms with Crippen LogP contribution in [0.1, 0.15) is 31.5 Å². The Bertz CT molecular complexity index is 590. The van der Waals surface area contributed by atoms with Gasteiger partial charge in [0.2, 0.25) is 5.91 Å². The first-order valence-corrected chi connectivity index (χ1v) is 6.89. The molecule has 3 rings (SSSR count). The van der Waals surface area contributed by atoms with Gasteiger partial charge in [-0.3, -0.25) is 9.89 Å². The highest BCUT2D eigenvalue weighted by atomic mass is 16.2. The average Bonchev–Trinajstić information content (AvgIpc) is 3.14. The maximum absolute atomic E-state index is 11.8. The van der Waals surface area contributed by atoms with Crippen molar-refractivity contribution >= 4 is 17.3 Å². The molecule has 1 aliphatic rings. The number of hydrogen-bond acceptors (Lipinski definition) is 3. The predicted molar refractivity (Wildman–Crippen MR) is 78.4 cm³/mol. The van der Waals surface area contributed by atoms with Gasteiger partial charge in [0.05, 0.1) is 11.7 Å². The van der Waals surface area contributed by atoms with Crippen molar-refractivity contribution in [2.45, 2.75) is 25.8 Å². The minimum absolute atomic E-state index is 0.128. The summed E-state index contributed by atoms with van der Waals surface area (Å²) >= 11 is 0. The van der Waals surface area contributed by atoms with Gasteiger partial charge in [-0.2, -0.15) is 5.10 Å². The Balaban J connectivity index is 1.66. The van der Waals surface area contributed by atoms with Crippen molar-refractivity contribution in [1.29, 1.82) is 0 Å². The lowest BCUT2D eigenvalue weighted by molar-refractivity contribution is -0.117. The zero-order valence-corrected chi connectivity index (χ0v) is 11.4. The van der Waals surface area contributed by atoms with Crippen LogP contribution in [0, 0.1) is 5.92 Å². The molecule has 0 radical (unpaired) electrons. The number of carbonyl (C=O) groups excluding carboxylic acids is 1. The fourth-order valence-corrected chi connectivity index (χ4v) is 2.11. The number of rotatable bonds is 5. The van der Waals surface area contributed by atoms with Crippen molar-refractivity contribution in [3.8, 4) is 0 Å². The summed E-state index contributed by atoms with van der Waals surface area (Å²) in [6, 6.07) is 9.85. The van der Waals surface area contributed by atoms with E-state index in [0.717, 1.165) is 29.9 Å². The molecule has 1 aromatic heterocycles. The molecule has 3 N–H and O–H groups in total. The Labute approximate surface area is 117 Å². The highest BCUT2D eigenvalue weighted by Gasteiger charge is 2.29. The number of carbonyl (C=O) groups is 1. The molecular formula is C15H18N4O. The lowest BCUT2D eigenvalue weighted by Crippen LogP contribution is -2.13. The number of amides is 1. The van der Waals surface area contributed by atoms with Crippen LogP contribution >= 0.6 is 0 Å². The van der Waals surface area contributed by atoms with E-state index in [1.807, 2.05) is 30.3 Å². The first-order valence-electron chi connectivity index (χ1n) is 6.89. The van der Waals surface area contributed by atoms with Gasteiger partial charge in [-0.05, 0) is 44.0 Å². The lowest BCUT2D eigenvalue weighted by atomic mass is 10.2. The zero-order valence-electron chi connectivity index (χ0n) is 11.4. The second-order valence-electron chi connectivity index (χ2n) is 5.22. The molecule has 1 heterocycles. The molecule has 1 aliphatic carbocycles. The lowest BCUT2D eigenvalue weighted by Gasteiger charge is -2.14. The van der Waals surface area contributed by atoms with Crippen LogP contribution in [0.3, 0.4) is 0 Å². The minimum Gasteiger partial charge on any atom is -0.377 e. The average molecular weight is 270 g/mol. The molecule has 5 nitrogen and oxygen atoms in total. The summed E-state index contributed by atoms with van der Waals surface area (Å²) in [7, 11) is 0. The maximum Gasteiger partial charge on any atom is 0.227 e. The molecule has 1 aromatic carbocycles. The third-order valence-corrected chi connectivity index (χ3v) is 3.45. The third kappa shape index (κ3) is 2.99. The van der Waals surface area contributed by atoms with Gasteiger partial charge in [-0.1, -0.05) is 6.07 Å². The zero-order chi connectivity index (χ0) is 13.9. The van der Waals surface area contributed by atoms with E-state index in [4.69, 9.17) is 0 Å². The molecule has 5 heteroatoms. The minimum atomic E-state index is 0.128. The Morgan fingerprint density at radius 2 is 2.15 bits per heavy atom. The molecule has 1 amide bonds. The van der Waals surface area contributed by atoms with Crippen molar-refractivity contribution in [3.63, 3.8) is 0 Å². The summed E-state index contributed by atoms with van der Waals surface area (Å²) in [5, 5.41) is 13.2. The summed E-state index contributed by atoms with van der Waals surface area (Å²) in [4.78, 5) is 11.8. The number of aromatic amines is 1. The fraction of sp³-hybridized carbons (Fsp3) is 0.333. The molecule has 1 saturated carbocycles. The van der Waals surface area contributed by atoms with Crippen LogP contribution in [0.4, 0.5) is 11.4 Å². The van der Waals surface area contributed by atoms with Gasteiger partial charge in [0.15, 0.2) is 0 Å². The highest BCUT2D eigenvalue weighted by Crippen LogP contribution is 2.30. The van der Waals surface area contributed by atoms with E-state index in [-0.39, 0.29) is 17.9 Å². The largest absolute Gasteiger partial charge is 0.377 e. The first kappa shape index (κ1) is 12.7. The van der Waals surface area contributed by atoms with Gasteiger partial charge in [0.25, 0.3) is 0 Å². The summed E-state index contributed by atoms with van der Waals surface area (Å²) in [5.41, 5.74) is 2.84. The van der Waals surface area contributed by atoms with Gasteiger partial charge in [-0.15, -0.1) is 0 Å². The molecular weight excluding hydrogens is 252 g/mol. The standard InChI is InChI=1S/C15H18N4O/c1-10(14-7-8-16-19-14)17-12-3-2-4-13(9-12)18-15(20)11-5-6-11/h2-4,7-11,17H,5-6H2,1H3,(H,16,19)(H,18,20). The smallest absolute Gasteiger partial charge is 0.227 e. The number of nitrogens with one attached hydrogen (secondary N) is 3. The van der Waals surface area contributed by atoms with Crippen LogP contribution < -0.4 is 10.6 Å². The monoisotopic (exact) mass is 270 g/mol. The predicted octanol–water partition coefficient (Wildman–Crippen LogP) is 2.93. The van der Waals surface area contributed by atoms with Crippen molar-refractivity contribution in [1.82, 2.24) is 10.2 Å². The molecule has 104 valence electrons. The van der Waals surface area contributed by atoms with Gasteiger partial charge in [0, 0.05) is 23.5 Å². The van der Waals surface area contributed by atoms with Gasteiger partial charge >= 0.3 is 0 Å². The van der Waals surface area contributed by atoms with Crippen LogP contribution in [-0.2, 0) is 4.79 Å². The number of H-pyrrole nitrogens is 1. The maximum atomic E-state index is 11.8.